The summed E-state index contributed by atoms with van der Waals surface area (Å²) >= 11 is 1.55. The van der Waals surface area contributed by atoms with Gasteiger partial charge in [-0.05, 0) is 42.3 Å². The predicted octanol–water partition coefficient (Wildman–Crippen LogP) is 2.57. The molecule has 3 heterocycles. The molecule has 0 bridgehead atoms. The van der Waals surface area contributed by atoms with Gasteiger partial charge in [-0.2, -0.15) is 5.10 Å². The molecule has 112 valence electrons. The Kier molecular flexibility index (Phi) is 3.96. The van der Waals surface area contributed by atoms with Gasteiger partial charge in [-0.15, -0.1) is 11.3 Å². The van der Waals surface area contributed by atoms with Gasteiger partial charge in [0.1, 0.15) is 5.82 Å². The molecule has 1 fully saturated rings. The zero-order chi connectivity index (χ0) is 14.8. The number of aryl methyl sites for hydroxylation is 1. The molecular weight excluding hydrogens is 284 g/mol. The largest absolute Gasteiger partial charge is 0.382 e. The number of nitrogen functional groups attached to an aromatic ring is 1. The monoisotopic (exact) mass is 304 g/mol. The van der Waals surface area contributed by atoms with Crippen molar-refractivity contribution in [3.8, 4) is 0 Å². The van der Waals surface area contributed by atoms with Gasteiger partial charge in [0, 0.05) is 19.3 Å². The summed E-state index contributed by atoms with van der Waals surface area (Å²) in [7, 11) is 0. The van der Waals surface area contributed by atoms with Crippen molar-refractivity contribution in [3.63, 3.8) is 0 Å². The Morgan fingerprint density at radius 2 is 2.19 bits per heavy atom. The van der Waals surface area contributed by atoms with Crippen LogP contribution in [-0.4, -0.2) is 33.7 Å². The molecule has 3 rings (SSSR count). The molecular formula is C15H20N4OS. The van der Waals surface area contributed by atoms with Gasteiger partial charge >= 0.3 is 0 Å². The zero-order valence-electron chi connectivity index (χ0n) is 12.2. The molecule has 0 atom stereocenters. The first-order valence-electron chi connectivity index (χ1n) is 7.35. The van der Waals surface area contributed by atoms with Crippen LogP contribution in [0.3, 0.4) is 0 Å². The van der Waals surface area contributed by atoms with Crippen molar-refractivity contribution in [1.29, 1.82) is 0 Å². The van der Waals surface area contributed by atoms with Crippen LogP contribution >= 0.6 is 11.3 Å². The fourth-order valence-corrected chi connectivity index (χ4v) is 3.80. The van der Waals surface area contributed by atoms with E-state index in [1.165, 1.54) is 0 Å². The number of amides is 1. The number of aromatic nitrogens is 2. The lowest BCUT2D eigenvalue weighted by molar-refractivity contribution is 0.0694. The highest BCUT2D eigenvalue weighted by Gasteiger charge is 2.26. The number of rotatable bonds is 3. The summed E-state index contributed by atoms with van der Waals surface area (Å²) in [5.74, 6) is 0.736. The molecule has 0 saturated carbocycles. The van der Waals surface area contributed by atoms with Crippen LogP contribution in [0, 0.1) is 0 Å². The minimum absolute atomic E-state index is 0.181. The van der Waals surface area contributed by atoms with E-state index < -0.39 is 0 Å². The van der Waals surface area contributed by atoms with Crippen molar-refractivity contribution in [2.75, 3.05) is 18.8 Å². The van der Waals surface area contributed by atoms with Gasteiger partial charge in [0.2, 0.25) is 0 Å². The fraction of sp³-hybridized carbons (Fsp3) is 0.467. The molecule has 1 saturated heterocycles. The van der Waals surface area contributed by atoms with Crippen molar-refractivity contribution < 1.29 is 4.79 Å². The van der Waals surface area contributed by atoms with Gasteiger partial charge in [0.25, 0.3) is 5.91 Å². The van der Waals surface area contributed by atoms with Gasteiger partial charge in [0.05, 0.1) is 10.9 Å². The van der Waals surface area contributed by atoms with Crippen LogP contribution in [0.25, 0.3) is 0 Å². The Morgan fingerprint density at radius 3 is 2.81 bits per heavy atom. The summed E-state index contributed by atoms with van der Waals surface area (Å²) in [5, 5.41) is 6.28. The first-order chi connectivity index (χ1) is 10.2. The number of likely N-dealkylation sites (tertiary alicyclic amines) is 1. The minimum atomic E-state index is 0.181. The maximum Gasteiger partial charge on any atom is 0.264 e. The Morgan fingerprint density at radius 1 is 1.43 bits per heavy atom. The van der Waals surface area contributed by atoms with Crippen molar-refractivity contribution >= 4 is 23.1 Å². The average molecular weight is 304 g/mol. The van der Waals surface area contributed by atoms with Crippen LogP contribution in [0.5, 0.6) is 0 Å². The topological polar surface area (TPSA) is 64.2 Å². The standard InChI is InChI=1S/C15H20N4OS/c1-2-11-6-10-21-14(11)15(20)18-7-3-12(4-8-18)19-9-5-13(16)17-19/h5-6,9-10,12H,2-4,7-8H2,1H3,(H2,16,17). The van der Waals surface area contributed by atoms with E-state index in [1.807, 2.05) is 27.2 Å². The SMILES string of the molecule is CCc1ccsc1C(=O)N1CCC(n2ccc(N)n2)CC1. The lowest BCUT2D eigenvalue weighted by atomic mass is 10.0. The number of hydrogen-bond donors (Lipinski definition) is 1. The normalized spacial score (nSPS) is 16.3. The predicted molar refractivity (Wildman–Crippen MR) is 84.5 cm³/mol. The quantitative estimate of drug-likeness (QED) is 0.948. The summed E-state index contributed by atoms with van der Waals surface area (Å²) in [6.07, 6.45) is 4.69. The average Bonchev–Trinajstić information content (AvgIpc) is 3.15. The summed E-state index contributed by atoms with van der Waals surface area (Å²) in [6, 6.07) is 4.22. The maximum atomic E-state index is 12.6. The van der Waals surface area contributed by atoms with E-state index in [2.05, 4.69) is 18.1 Å². The molecule has 2 aromatic rings. The van der Waals surface area contributed by atoms with Crippen molar-refractivity contribution in [2.24, 2.45) is 0 Å². The molecule has 1 aliphatic heterocycles. The number of nitrogens with zero attached hydrogens (tertiary/aromatic N) is 3. The Balaban J connectivity index is 1.64. The van der Waals surface area contributed by atoms with Gasteiger partial charge in [0.15, 0.2) is 0 Å². The summed E-state index contributed by atoms with van der Waals surface area (Å²) < 4.78 is 1.93. The van der Waals surface area contributed by atoms with Crippen LogP contribution in [0.4, 0.5) is 5.82 Å². The molecule has 1 aliphatic rings. The van der Waals surface area contributed by atoms with Crippen LogP contribution in [-0.2, 0) is 6.42 Å². The van der Waals surface area contributed by atoms with Gasteiger partial charge in [-0.3, -0.25) is 9.48 Å². The third-order valence-electron chi connectivity index (χ3n) is 4.08. The summed E-state index contributed by atoms with van der Waals surface area (Å²) in [6.45, 7) is 3.65. The van der Waals surface area contributed by atoms with Crippen molar-refractivity contribution in [2.45, 2.75) is 32.2 Å². The second-order valence-electron chi connectivity index (χ2n) is 5.37. The first-order valence-corrected chi connectivity index (χ1v) is 8.23. The summed E-state index contributed by atoms with van der Waals surface area (Å²) in [4.78, 5) is 15.5. The van der Waals surface area contributed by atoms with E-state index in [0.29, 0.717) is 11.9 Å². The van der Waals surface area contributed by atoms with E-state index in [4.69, 9.17) is 5.73 Å². The number of carbonyl (C=O) groups is 1. The van der Waals surface area contributed by atoms with Gasteiger partial charge < -0.3 is 10.6 Å². The van der Waals surface area contributed by atoms with Gasteiger partial charge in [-0.1, -0.05) is 6.92 Å². The minimum Gasteiger partial charge on any atom is -0.382 e. The molecule has 5 nitrogen and oxygen atoms in total. The maximum absolute atomic E-state index is 12.6. The lowest BCUT2D eigenvalue weighted by Gasteiger charge is -2.32. The number of nitrogens with two attached hydrogens (primary N) is 1. The highest BCUT2D eigenvalue weighted by molar-refractivity contribution is 7.12. The number of carbonyl (C=O) groups excluding carboxylic acids is 1. The smallest absolute Gasteiger partial charge is 0.264 e. The van der Waals surface area contributed by atoms with Crippen molar-refractivity contribution in [1.82, 2.24) is 14.7 Å². The van der Waals surface area contributed by atoms with Crippen LogP contribution in [0.2, 0.25) is 0 Å². The fourth-order valence-electron chi connectivity index (χ4n) is 2.83. The first kappa shape index (κ1) is 14.1. The highest BCUT2D eigenvalue weighted by atomic mass is 32.1. The van der Waals surface area contributed by atoms with E-state index >= 15 is 0 Å². The van der Waals surface area contributed by atoms with E-state index in [-0.39, 0.29) is 5.91 Å². The second kappa shape index (κ2) is 5.89. The second-order valence-corrected chi connectivity index (χ2v) is 6.29. The van der Waals surface area contributed by atoms with Crippen molar-refractivity contribution in [3.05, 3.63) is 34.2 Å². The van der Waals surface area contributed by atoms with E-state index in [9.17, 15) is 4.79 Å². The van der Waals surface area contributed by atoms with Crippen LogP contribution < -0.4 is 5.73 Å². The number of anilines is 1. The molecule has 2 N–H and O–H groups in total. The molecule has 0 radical (unpaired) electrons. The third-order valence-corrected chi connectivity index (χ3v) is 5.02. The molecule has 0 unspecified atom stereocenters. The zero-order valence-corrected chi connectivity index (χ0v) is 13.0. The highest BCUT2D eigenvalue weighted by Crippen LogP contribution is 2.26. The Bertz CT molecular complexity index is 625. The van der Waals surface area contributed by atoms with E-state index in [1.54, 1.807) is 11.3 Å². The molecule has 6 heteroatoms. The third kappa shape index (κ3) is 2.81. The lowest BCUT2D eigenvalue weighted by Crippen LogP contribution is -2.39. The molecule has 21 heavy (non-hydrogen) atoms. The van der Waals surface area contributed by atoms with Gasteiger partial charge in [-0.25, -0.2) is 0 Å². The van der Waals surface area contributed by atoms with Crippen LogP contribution in [0.1, 0.15) is 41.0 Å². The number of thiophene rings is 1. The molecule has 2 aromatic heterocycles. The van der Waals surface area contributed by atoms with Crippen LogP contribution in [0.15, 0.2) is 23.7 Å². The number of piperidine rings is 1. The summed E-state index contributed by atoms with van der Waals surface area (Å²) in [5.41, 5.74) is 6.82. The Labute approximate surface area is 128 Å². The number of hydrogen-bond acceptors (Lipinski definition) is 4. The van der Waals surface area contributed by atoms with E-state index in [0.717, 1.165) is 42.8 Å². The Hall–Kier alpha value is -1.82. The molecule has 0 aromatic carbocycles. The molecule has 0 spiro atoms. The molecule has 0 aliphatic carbocycles. The molecule has 1 amide bonds.